The van der Waals surface area contributed by atoms with Gasteiger partial charge in [0.25, 0.3) is 0 Å². The minimum Gasteiger partial charge on any atom is -0.491 e. The molecule has 232 valence electrons. The molecule has 3 heterocycles. The molecule has 3 aliphatic heterocycles. The molecular weight excluding hydrogens is 584 g/mol. The number of rotatable bonds is 11. The van der Waals surface area contributed by atoms with Gasteiger partial charge >= 0.3 is 0 Å². The van der Waals surface area contributed by atoms with E-state index in [1.165, 1.54) is 16.4 Å². The van der Waals surface area contributed by atoms with Crippen molar-refractivity contribution in [3.8, 4) is 11.5 Å². The Morgan fingerprint density at radius 2 is 1.88 bits per heavy atom. The number of ether oxygens (including phenoxy) is 3. The Hall–Kier alpha value is -2.46. The molecule has 1 spiro atoms. The Labute approximate surface area is 248 Å². The number of benzene rings is 2. The SMILES string of the molecule is CCNS(=O)(=O)c1cccc(OCC(O)CNC2COC3(CCN(S(=O)(=O)c4ccc5c(c4)N(C)CCO5)CC3)C2)c1. The molecule has 5 rings (SSSR count). The van der Waals surface area contributed by atoms with Gasteiger partial charge in [0.1, 0.15) is 30.8 Å². The minimum atomic E-state index is -3.65. The molecule has 0 aliphatic carbocycles. The van der Waals surface area contributed by atoms with Crippen LogP contribution in [0, 0.1) is 0 Å². The zero-order valence-corrected chi connectivity index (χ0v) is 25.6. The van der Waals surface area contributed by atoms with E-state index in [0.29, 0.717) is 57.2 Å². The van der Waals surface area contributed by atoms with Crippen LogP contribution >= 0.6 is 0 Å². The first-order valence-corrected chi connectivity index (χ1v) is 17.2. The third kappa shape index (κ3) is 6.85. The van der Waals surface area contributed by atoms with Gasteiger partial charge in [-0.15, -0.1) is 0 Å². The molecular formula is C28H40N4O8S2. The van der Waals surface area contributed by atoms with E-state index in [1.54, 1.807) is 37.3 Å². The van der Waals surface area contributed by atoms with Crippen LogP contribution in [0.1, 0.15) is 26.2 Å². The molecule has 42 heavy (non-hydrogen) atoms. The van der Waals surface area contributed by atoms with Crippen LogP contribution in [0.15, 0.2) is 52.3 Å². The molecule has 0 radical (unpaired) electrons. The number of nitrogens with one attached hydrogen (secondary N) is 2. The minimum absolute atomic E-state index is 0.00609. The van der Waals surface area contributed by atoms with Crippen LogP contribution in [0.2, 0.25) is 0 Å². The zero-order chi connectivity index (χ0) is 30.0. The van der Waals surface area contributed by atoms with Gasteiger partial charge in [0.2, 0.25) is 20.0 Å². The third-order valence-electron chi connectivity index (χ3n) is 8.04. The van der Waals surface area contributed by atoms with E-state index in [-0.39, 0.29) is 35.5 Å². The van der Waals surface area contributed by atoms with Crippen molar-refractivity contribution in [3.63, 3.8) is 0 Å². The summed E-state index contributed by atoms with van der Waals surface area (Å²) in [6.45, 7) is 4.76. The highest BCUT2D eigenvalue weighted by atomic mass is 32.2. The molecule has 2 fully saturated rings. The Balaban J connectivity index is 1.08. The van der Waals surface area contributed by atoms with E-state index < -0.39 is 31.8 Å². The van der Waals surface area contributed by atoms with Gasteiger partial charge in [-0.1, -0.05) is 13.0 Å². The standard InChI is InChI=1S/C28H40N4O8S2/c1-3-30-41(34,35)24-6-4-5-23(15-24)39-20-22(33)18-29-21-17-28(40-19-21)9-11-32(12-10-28)42(36,37)25-7-8-27-26(16-25)31(2)13-14-38-27/h4-8,15-16,21-22,29-30,33H,3,9-14,17-20H2,1-2H3. The summed E-state index contributed by atoms with van der Waals surface area (Å²) in [7, 11) is -5.32. The topological polar surface area (TPSA) is 147 Å². The Bertz CT molecular complexity index is 1460. The van der Waals surface area contributed by atoms with Gasteiger partial charge in [0.15, 0.2) is 0 Å². The highest BCUT2D eigenvalue weighted by Gasteiger charge is 2.45. The summed E-state index contributed by atoms with van der Waals surface area (Å²) in [4.78, 5) is 2.37. The second-order valence-corrected chi connectivity index (χ2v) is 14.8. The largest absolute Gasteiger partial charge is 0.491 e. The maximum Gasteiger partial charge on any atom is 0.243 e. The summed E-state index contributed by atoms with van der Waals surface area (Å²) in [5.41, 5.74) is 0.384. The molecule has 2 unspecified atom stereocenters. The normalized spacial score (nSPS) is 21.6. The van der Waals surface area contributed by atoms with Gasteiger partial charge in [-0.05, 0) is 49.6 Å². The molecule has 12 nitrogen and oxygen atoms in total. The number of piperidine rings is 1. The monoisotopic (exact) mass is 624 g/mol. The molecule has 2 saturated heterocycles. The van der Waals surface area contributed by atoms with Crippen molar-refractivity contribution in [1.29, 1.82) is 0 Å². The van der Waals surface area contributed by atoms with E-state index in [2.05, 4.69) is 10.0 Å². The fourth-order valence-corrected chi connectivity index (χ4v) is 8.19. The molecule has 0 aromatic heterocycles. The Morgan fingerprint density at radius 1 is 1.10 bits per heavy atom. The fraction of sp³-hybridized carbons (Fsp3) is 0.571. The zero-order valence-electron chi connectivity index (χ0n) is 24.0. The second-order valence-electron chi connectivity index (χ2n) is 11.0. The van der Waals surface area contributed by atoms with Gasteiger partial charge in [-0.2, -0.15) is 4.31 Å². The van der Waals surface area contributed by atoms with Gasteiger partial charge in [0, 0.05) is 45.3 Å². The lowest BCUT2D eigenvalue weighted by atomic mass is 9.88. The molecule has 2 aromatic rings. The van der Waals surface area contributed by atoms with Crippen molar-refractivity contribution in [2.45, 2.75) is 53.7 Å². The van der Waals surface area contributed by atoms with Gasteiger partial charge in [-0.3, -0.25) is 0 Å². The molecule has 3 aliphatic rings. The summed E-state index contributed by atoms with van der Waals surface area (Å²) in [6.07, 6.45) is 1.09. The van der Waals surface area contributed by atoms with Gasteiger partial charge in [0.05, 0.1) is 34.2 Å². The molecule has 2 aromatic carbocycles. The van der Waals surface area contributed by atoms with Crippen LogP contribution in [-0.4, -0.2) is 104 Å². The van der Waals surface area contributed by atoms with Crippen molar-refractivity contribution in [1.82, 2.24) is 14.3 Å². The van der Waals surface area contributed by atoms with Crippen molar-refractivity contribution >= 4 is 25.7 Å². The summed E-state index contributed by atoms with van der Waals surface area (Å²) >= 11 is 0. The highest BCUT2D eigenvalue weighted by molar-refractivity contribution is 7.89. The lowest BCUT2D eigenvalue weighted by Crippen LogP contribution is -2.47. The number of sulfonamides is 2. The van der Waals surface area contributed by atoms with Crippen LogP contribution in [0.3, 0.4) is 0 Å². The van der Waals surface area contributed by atoms with Crippen LogP contribution in [0.4, 0.5) is 5.69 Å². The van der Waals surface area contributed by atoms with Crippen molar-refractivity contribution in [3.05, 3.63) is 42.5 Å². The first kappa shape index (κ1) is 31.0. The number of aliphatic hydroxyl groups excluding tert-OH is 1. The predicted molar refractivity (Wildman–Crippen MR) is 157 cm³/mol. The van der Waals surface area contributed by atoms with E-state index >= 15 is 0 Å². The maximum absolute atomic E-state index is 13.4. The molecule has 3 N–H and O–H groups in total. The predicted octanol–water partition coefficient (Wildman–Crippen LogP) is 1.16. The average Bonchev–Trinajstić information content (AvgIpc) is 3.37. The summed E-state index contributed by atoms with van der Waals surface area (Å²) in [5.74, 6) is 1.05. The second kappa shape index (κ2) is 12.6. The molecule has 14 heteroatoms. The first-order chi connectivity index (χ1) is 20.0. The van der Waals surface area contributed by atoms with Crippen LogP contribution in [-0.2, 0) is 24.8 Å². The van der Waals surface area contributed by atoms with Gasteiger partial charge in [-0.25, -0.2) is 21.6 Å². The van der Waals surface area contributed by atoms with Crippen molar-refractivity contribution in [2.75, 3.05) is 64.5 Å². The molecule has 0 saturated carbocycles. The van der Waals surface area contributed by atoms with Crippen LogP contribution in [0.5, 0.6) is 11.5 Å². The summed E-state index contributed by atoms with van der Waals surface area (Å²) in [5, 5.41) is 13.8. The maximum atomic E-state index is 13.4. The van der Waals surface area contributed by atoms with E-state index in [9.17, 15) is 21.9 Å². The van der Waals surface area contributed by atoms with Crippen LogP contribution < -0.4 is 24.4 Å². The van der Waals surface area contributed by atoms with Crippen LogP contribution in [0.25, 0.3) is 0 Å². The van der Waals surface area contributed by atoms with E-state index in [4.69, 9.17) is 14.2 Å². The molecule has 2 atom stereocenters. The third-order valence-corrected chi connectivity index (χ3v) is 11.5. The number of anilines is 1. The van der Waals surface area contributed by atoms with E-state index in [1.807, 2.05) is 11.9 Å². The highest BCUT2D eigenvalue weighted by Crippen LogP contribution is 2.39. The molecule has 0 amide bonds. The number of nitrogens with zero attached hydrogens (tertiary/aromatic N) is 2. The molecule has 0 bridgehead atoms. The summed E-state index contributed by atoms with van der Waals surface area (Å²) < 4.78 is 72.7. The Morgan fingerprint density at radius 3 is 2.64 bits per heavy atom. The lowest BCUT2D eigenvalue weighted by Gasteiger charge is -2.38. The number of likely N-dealkylation sites (N-methyl/N-ethyl adjacent to an activating group) is 1. The smallest absolute Gasteiger partial charge is 0.243 e. The summed E-state index contributed by atoms with van der Waals surface area (Å²) in [6, 6.07) is 11.2. The number of fused-ring (bicyclic) bond motifs is 1. The van der Waals surface area contributed by atoms with Gasteiger partial charge < -0.3 is 29.5 Å². The number of hydrogen-bond donors (Lipinski definition) is 3. The average molecular weight is 625 g/mol. The van der Waals surface area contributed by atoms with Crippen molar-refractivity contribution in [2.24, 2.45) is 0 Å². The Kier molecular flexibility index (Phi) is 9.33. The van der Waals surface area contributed by atoms with E-state index in [0.717, 1.165) is 12.1 Å². The quantitative estimate of drug-likeness (QED) is 0.333. The van der Waals surface area contributed by atoms with Crippen molar-refractivity contribution < 1.29 is 36.2 Å². The first-order valence-electron chi connectivity index (χ1n) is 14.3. The fourth-order valence-electron chi connectivity index (χ4n) is 5.66. The lowest BCUT2D eigenvalue weighted by molar-refractivity contribution is -0.0312. The number of hydrogen-bond acceptors (Lipinski definition) is 10. The number of aliphatic hydroxyl groups is 1.